The smallest absolute Gasteiger partial charge is 0.0889 e. The van der Waals surface area contributed by atoms with Crippen molar-refractivity contribution in [2.24, 2.45) is 0 Å². The molecular weight excluding hydrogens is 454 g/mol. The van der Waals surface area contributed by atoms with Gasteiger partial charge in [-0.3, -0.25) is 0 Å². The van der Waals surface area contributed by atoms with E-state index in [9.17, 15) is 0 Å². The molecule has 4 aromatic carbocycles. The van der Waals surface area contributed by atoms with E-state index < -0.39 is 0 Å². The molecule has 0 saturated heterocycles. The van der Waals surface area contributed by atoms with E-state index in [2.05, 4.69) is 150 Å². The normalized spacial score (nSPS) is 9.84. The molecule has 0 aliphatic carbocycles. The van der Waals surface area contributed by atoms with Gasteiger partial charge in [-0.15, -0.1) is 0 Å². The van der Waals surface area contributed by atoms with Crippen LogP contribution in [0.3, 0.4) is 0 Å². The van der Waals surface area contributed by atoms with Gasteiger partial charge >= 0.3 is 0 Å². The van der Waals surface area contributed by atoms with Crippen LogP contribution in [0.5, 0.6) is 0 Å². The van der Waals surface area contributed by atoms with E-state index in [1.807, 2.05) is 0 Å². The summed E-state index contributed by atoms with van der Waals surface area (Å²) in [5, 5.41) is 0. The Morgan fingerprint density at radius 3 is 1.16 bits per heavy atom. The number of benzene rings is 4. The summed E-state index contributed by atoms with van der Waals surface area (Å²) in [7, 11) is 4.19. The fraction of sp³-hybridized carbons (Fsp3) is 0.167. The maximum absolute atomic E-state index is 3.38. The summed E-state index contributed by atoms with van der Waals surface area (Å²) in [5.41, 5.74) is 11.3. The van der Waals surface area contributed by atoms with Crippen molar-refractivity contribution in [1.82, 2.24) is 0 Å². The Morgan fingerprint density at radius 2 is 0.789 bits per heavy atom. The summed E-state index contributed by atoms with van der Waals surface area (Å²) in [6.07, 6.45) is 4.12. The molecule has 2 heteroatoms. The SMILES string of the molecule is Bc1ccc(C#Cc2ccc(C#Cc3ccc(C#Cc4ccc(B)cc4)c(CCC)c3)cc2CCC)cc1. The topological polar surface area (TPSA) is 0 Å². The lowest BCUT2D eigenvalue weighted by molar-refractivity contribution is 0.918. The number of hydrogen-bond acceptors (Lipinski definition) is 0. The van der Waals surface area contributed by atoms with Crippen molar-refractivity contribution in [1.29, 1.82) is 0 Å². The van der Waals surface area contributed by atoms with Gasteiger partial charge in [0.15, 0.2) is 0 Å². The maximum Gasteiger partial charge on any atom is 0.139 e. The molecule has 0 spiro atoms. The molecule has 0 amide bonds. The van der Waals surface area contributed by atoms with Crippen molar-refractivity contribution in [3.63, 3.8) is 0 Å². The van der Waals surface area contributed by atoms with Gasteiger partial charge in [-0.05, 0) is 84.6 Å². The van der Waals surface area contributed by atoms with Crippen LogP contribution in [0.25, 0.3) is 0 Å². The molecule has 182 valence electrons. The van der Waals surface area contributed by atoms with Crippen LogP contribution in [0, 0.1) is 35.5 Å². The molecule has 0 unspecified atom stereocenters. The first-order valence-corrected chi connectivity index (χ1v) is 13.5. The van der Waals surface area contributed by atoms with Crippen molar-refractivity contribution < 1.29 is 0 Å². The minimum Gasteiger partial charge on any atom is -0.0889 e. The lowest BCUT2D eigenvalue weighted by Gasteiger charge is -2.05. The first-order valence-electron chi connectivity index (χ1n) is 13.5. The molecule has 0 aliphatic rings. The Kier molecular flexibility index (Phi) is 9.36. The zero-order valence-corrected chi connectivity index (χ0v) is 22.9. The Hall–Kier alpha value is -4.31. The van der Waals surface area contributed by atoms with Crippen molar-refractivity contribution in [2.75, 3.05) is 0 Å². The lowest BCUT2D eigenvalue weighted by Crippen LogP contribution is -1.99. The molecule has 0 atom stereocenters. The fourth-order valence-corrected chi connectivity index (χ4v) is 4.24. The quantitative estimate of drug-likeness (QED) is 0.298. The molecule has 0 aliphatic heterocycles. The van der Waals surface area contributed by atoms with Gasteiger partial charge in [0.1, 0.15) is 15.7 Å². The highest BCUT2D eigenvalue weighted by atomic mass is 14.1. The molecule has 38 heavy (non-hydrogen) atoms. The molecule has 0 N–H and O–H groups in total. The number of rotatable bonds is 4. The summed E-state index contributed by atoms with van der Waals surface area (Å²) >= 11 is 0. The van der Waals surface area contributed by atoms with Gasteiger partial charge in [0, 0.05) is 33.4 Å². The highest BCUT2D eigenvalue weighted by Crippen LogP contribution is 2.16. The molecule has 0 bridgehead atoms. The van der Waals surface area contributed by atoms with Crippen LogP contribution in [0.4, 0.5) is 0 Å². The lowest BCUT2D eigenvalue weighted by atomic mass is 9.95. The predicted octanol–water partition coefficient (Wildman–Crippen LogP) is 4.31. The number of aryl methyl sites for hydroxylation is 2. The second-order valence-electron chi connectivity index (χ2n) is 9.73. The van der Waals surface area contributed by atoms with Crippen LogP contribution in [0.1, 0.15) is 71.2 Å². The molecule has 0 heterocycles. The second-order valence-corrected chi connectivity index (χ2v) is 9.73. The molecule has 0 aromatic heterocycles. The van der Waals surface area contributed by atoms with Gasteiger partial charge < -0.3 is 0 Å². The Morgan fingerprint density at radius 1 is 0.447 bits per heavy atom. The van der Waals surface area contributed by atoms with E-state index in [1.165, 1.54) is 22.1 Å². The van der Waals surface area contributed by atoms with Crippen molar-refractivity contribution in [3.05, 3.63) is 129 Å². The first-order chi connectivity index (χ1) is 18.5. The molecule has 0 radical (unpaired) electrons. The fourth-order valence-electron chi connectivity index (χ4n) is 4.24. The average molecular weight is 486 g/mol. The van der Waals surface area contributed by atoms with E-state index >= 15 is 0 Å². The first kappa shape index (κ1) is 26.7. The summed E-state index contributed by atoms with van der Waals surface area (Å²) in [6.45, 7) is 4.40. The van der Waals surface area contributed by atoms with E-state index in [1.54, 1.807) is 0 Å². The number of hydrogen-bond donors (Lipinski definition) is 0. The van der Waals surface area contributed by atoms with Crippen molar-refractivity contribution in [3.8, 4) is 35.5 Å². The van der Waals surface area contributed by atoms with Gasteiger partial charge in [-0.2, -0.15) is 0 Å². The Bertz CT molecular complexity index is 1470. The van der Waals surface area contributed by atoms with E-state index in [4.69, 9.17) is 0 Å². The van der Waals surface area contributed by atoms with Crippen LogP contribution in [0.2, 0.25) is 0 Å². The standard InChI is InChI=1S/C36H32B2/c1-3-5-33-25-29(11-19-31(33)17-9-27-13-21-35(37)22-14-27)7-8-30-12-20-32(34(26-30)6-4-2)18-10-28-15-23-36(38)24-16-28/h11-16,19-26H,3-6,37-38H2,1-2H3. The van der Waals surface area contributed by atoms with Gasteiger partial charge in [0.05, 0.1) is 0 Å². The van der Waals surface area contributed by atoms with E-state index in [-0.39, 0.29) is 0 Å². The molecular formula is C36H32B2. The zero-order valence-electron chi connectivity index (χ0n) is 22.9. The van der Waals surface area contributed by atoms with E-state index in [0.29, 0.717) is 0 Å². The van der Waals surface area contributed by atoms with Crippen LogP contribution in [-0.2, 0) is 12.8 Å². The maximum atomic E-state index is 3.38. The Balaban J connectivity index is 1.57. The second kappa shape index (κ2) is 13.3. The van der Waals surface area contributed by atoms with Crippen LogP contribution >= 0.6 is 0 Å². The van der Waals surface area contributed by atoms with Gasteiger partial charge in [0.25, 0.3) is 0 Å². The molecule has 0 fully saturated rings. The van der Waals surface area contributed by atoms with Crippen LogP contribution < -0.4 is 10.9 Å². The minimum absolute atomic E-state index is 0.989. The Labute approximate surface area is 230 Å². The van der Waals surface area contributed by atoms with Crippen molar-refractivity contribution in [2.45, 2.75) is 39.5 Å². The zero-order chi connectivity index (χ0) is 26.7. The summed E-state index contributed by atoms with van der Waals surface area (Å²) in [6, 6.07) is 29.5. The average Bonchev–Trinajstić information content (AvgIpc) is 2.93. The molecule has 0 nitrogen and oxygen atoms in total. The third-order valence-corrected chi connectivity index (χ3v) is 6.39. The van der Waals surface area contributed by atoms with Crippen LogP contribution in [-0.4, -0.2) is 15.7 Å². The molecule has 4 aromatic rings. The predicted molar refractivity (Wildman–Crippen MR) is 168 cm³/mol. The highest BCUT2D eigenvalue weighted by molar-refractivity contribution is 6.32. The minimum atomic E-state index is 0.989. The summed E-state index contributed by atoms with van der Waals surface area (Å²) < 4.78 is 0. The highest BCUT2D eigenvalue weighted by Gasteiger charge is 2.03. The van der Waals surface area contributed by atoms with Gasteiger partial charge in [-0.25, -0.2) is 0 Å². The summed E-state index contributed by atoms with van der Waals surface area (Å²) in [4.78, 5) is 0. The van der Waals surface area contributed by atoms with E-state index in [0.717, 1.165) is 59.1 Å². The monoisotopic (exact) mass is 486 g/mol. The van der Waals surface area contributed by atoms with Crippen LogP contribution in [0.15, 0.2) is 84.9 Å². The molecule has 0 saturated carbocycles. The van der Waals surface area contributed by atoms with Gasteiger partial charge in [-0.1, -0.05) is 97.4 Å². The third-order valence-electron chi connectivity index (χ3n) is 6.39. The third kappa shape index (κ3) is 7.59. The van der Waals surface area contributed by atoms with Gasteiger partial charge in [0.2, 0.25) is 0 Å². The molecule has 4 rings (SSSR count). The van der Waals surface area contributed by atoms with Crippen molar-refractivity contribution >= 4 is 26.6 Å². The largest absolute Gasteiger partial charge is 0.139 e. The summed E-state index contributed by atoms with van der Waals surface area (Å²) in [5.74, 6) is 20.2.